The molecule has 1 aromatic heterocycles. The van der Waals surface area contributed by atoms with Gasteiger partial charge in [-0.2, -0.15) is 0 Å². The van der Waals surface area contributed by atoms with E-state index in [9.17, 15) is 33.1 Å². The number of urea groups is 1. The molecule has 0 aliphatic carbocycles. The molecular weight excluding hydrogens is 654 g/mol. The lowest BCUT2D eigenvalue weighted by molar-refractivity contribution is -0.121. The van der Waals surface area contributed by atoms with Crippen molar-refractivity contribution in [3.63, 3.8) is 0 Å². The Labute approximate surface area is 281 Å². The molecule has 13 nitrogen and oxygen atoms in total. The maximum absolute atomic E-state index is 13.8. The van der Waals surface area contributed by atoms with Crippen LogP contribution in [0.3, 0.4) is 0 Å². The number of ether oxygens (including phenoxy) is 2. The van der Waals surface area contributed by atoms with Crippen molar-refractivity contribution < 1.29 is 42.5 Å². The first kappa shape index (κ1) is 37.7. The molecular formula is C32H39ClF2N6O7. The molecule has 3 aromatic rings. The number of amides is 5. The number of aliphatic hydroxyl groups excluding tert-OH is 1. The molecule has 5 amide bonds. The van der Waals surface area contributed by atoms with Gasteiger partial charge in [0.05, 0.1) is 23.7 Å². The second-order valence-electron chi connectivity index (χ2n) is 11.8. The lowest BCUT2D eigenvalue weighted by atomic mass is 10.1. The molecule has 0 spiro atoms. The highest BCUT2D eigenvalue weighted by molar-refractivity contribution is 6.31. The molecule has 0 bridgehead atoms. The van der Waals surface area contributed by atoms with Gasteiger partial charge in [0.1, 0.15) is 29.7 Å². The van der Waals surface area contributed by atoms with Gasteiger partial charge in [0.25, 0.3) is 0 Å². The van der Waals surface area contributed by atoms with Crippen molar-refractivity contribution in [3.8, 4) is 0 Å². The summed E-state index contributed by atoms with van der Waals surface area (Å²) >= 11 is 5.99. The van der Waals surface area contributed by atoms with Crippen LogP contribution in [0.25, 0.3) is 10.8 Å². The summed E-state index contributed by atoms with van der Waals surface area (Å²) in [7, 11) is 1.43. The molecule has 3 rings (SSSR count). The van der Waals surface area contributed by atoms with Crippen LogP contribution in [0.5, 0.6) is 0 Å². The number of pyridine rings is 1. The maximum Gasteiger partial charge on any atom is 0.412 e. The first-order valence-corrected chi connectivity index (χ1v) is 15.3. The van der Waals surface area contributed by atoms with E-state index in [-0.39, 0.29) is 43.4 Å². The normalized spacial score (nSPS) is 12.4. The summed E-state index contributed by atoms with van der Waals surface area (Å²) in [6.07, 6.45) is -0.318. The van der Waals surface area contributed by atoms with Crippen LogP contribution >= 0.6 is 11.6 Å². The first-order chi connectivity index (χ1) is 22.6. The van der Waals surface area contributed by atoms with Gasteiger partial charge < -0.3 is 35.4 Å². The van der Waals surface area contributed by atoms with Crippen LogP contribution in [-0.2, 0) is 20.8 Å². The van der Waals surface area contributed by atoms with E-state index in [1.165, 1.54) is 48.5 Å². The van der Waals surface area contributed by atoms with Gasteiger partial charge in [0.2, 0.25) is 5.91 Å². The third kappa shape index (κ3) is 12.1. The highest BCUT2D eigenvalue weighted by Gasteiger charge is 2.24. The zero-order chi connectivity index (χ0) is 35.4. The van der Waals surface area contributed by atoms with Gasteiger partial charge in [-0.3, -0.25) is 10.1 Å². The van der Waals surface area contributed by atoms with Crippen molar-refractivity contribution in [3.05, 3.63) is 70.9 Å². The van der Waals surface area contributed by atoms with Gasteiger partial charge in [0.15, 0.2) is 0 Å². The van der Waals surface area contributed by atoms with Gasteiger partial charge in [-0.25, -0.2) is 28.1 Å². The largest absolute Gasteiger partial charge is 0.447 e. The fraction of sp³-hybridized carbons (Fsp3) is 0.406. The first-order valence-electron chi connectivity index (χ1n) is 14.9. The molecule has 0 radical (unpaired) electrons. The zero-order valence-corrected chi connectivity index (χ0v) is 27.7. The quantitative estimate of drug-likeness (QED) is 0.172. The number of nitrogens with zero attached hydrogens (tertiary/aromatic N) is 2. The van der Waals surface area contributed by atoms with Crippen LogP contribution < -0.4 is 21.3 Å². The van der Waals surface area contributed by atoms with E-state index in [1.807, 2.05) is 0 Å². The summed E-state index contributed by atoms with van der Waals surface area (Å²) < 4.78 is 38.0. The maximum atomic E-state index is 13.8. The molecule has 0 fully saturated rings. The molecule has 16 heteroatoms. The highest BCUT2D eigenvalue weighted by atomic mass is 35.5. The summed E-state index contributed by atoms with van der Waals surface area (Å²) in [6.45, 7) is 4.03. The molecule has 0 aliphatic heterocycles. The van der Waals surface area contributed by atoms with E-state index in [1.54, 1.807) is 32.9 Å². The number of hydrogen-bond donors (Lipinski definition) is 5. The van der Waals surface area contributed by atoms with E-state index in [4.69, 9.17) is 21.1 Å². The van der Waals surface area contributed by atoms with Gasteiger partial charge in [-0.15, -0.1) is 0 Å². The van der Waals surface area contributed by atoms with E-state index in [2.05, 4.69) is 26.3 Å². The Balaban J connectivity index is 1.62. The number of rotatable bonds is 13. The van der Waals surface area contributed by atoms with E-state index < -0.39 is 60.1 Å². The van der Waals surface area contributed by atoms with Crippen molar-refractivity contribution in [2.45, 2.75) is 57.8 Å². The van der Waals surface area contributed by atoms with Gasteiger partial charge >= 0.3 is 18.2 Å². The summed E-state index contributed by atoms with van der Waals surface area (Å²) in [6, 6.07) is 7.51. The topological polar surface area (TPSA) is 171 Å². The predicted octanol–water partition coefficient (Wildman–Crippen LogP) is 4.71. The fourth-order valence-electron chi connectivity index (χ4n) is 4.29. The van der Waals surface area contributed by atoms with Crippen molar-refractivity contribution in [2.75, 3.05) is 32.1 Å². The Hall–Kier alpha value is -4.76. The molecule has 0 saturated carbocycles. The Kier molecular flexibility index (Phi) is 13.7. The molecule has 5 N–H and O–H groups in total. The molecule has 1 heterocycles. The van der Waals surface area contributed by atoms with Crippen molar-refractivity contribution >= 4 is 52.3 Å². The number of alkyl carbamates (subject to hydrolysis) is 1. The van der Waals surface area contributed by atoms with Crippen LogP contribution in [0.15, 0.2) is 48.7 Å². The Morgan fingerprint density at radius 2 is 1.79 bits per heavy atom. The van der Waals surface area contributed by atoms with Crippen molar-refractivity contribution in [1.82, 2.24) is 25.8 Å². The third-order valence-corrected chi connectivity index (χ3v) is 7.27. The van der Waals surface area contributed by atoms with Crippen LogP contribution in [0.2, 0.25) is 5.02 Å². The molecule has 2 aromatic carbocycles. The monoisotopic (exact) mass is 692 g/mol. The van der Waals surface area contributed by atoms with Gasteiger partial charge in [0, 0.05) is 38.1 Å². The Morgan fingerprint density at radius 3 is 2.50 bits per heavy atom. The SMILES string of the molecule is CN(C(=O)NCc1cccc(F)c1Cl)[C@@H](CCC(=O)NC[C@H](CO)NC(=O)OC(C)(C)C)COC(=O)Nc1cc2cc(F)ccc2cn1. The number of carbonyl (C=O) groups excluding carboxylic acids is 4. The lowest BCUT2D eigenvalue weighted by Gasteiger charge is -2.28. The summed E-state index contributed by atoms with van der Waals surface area (Å²) in [5, 5.41) is 20.8. The minimum Gasteiger partial charge on any atom is -0.447 e. The number of aromatic nitrogens is 1. The van der Waals surface area contributed by atoms with Crippen LogP contribution in [0, 0.1) is 11.6 Å². The van der Waals surface area contributed by atoms with E-state index in [0.29, 0.717) is 16.3 Å². The van der Waals surface area contributed by atoms with Crippen LogP contribution in [-0.4, -0.2) is 83.6 Å². The predicted molar refractivity (Wildman–Crippen MR) is 174 cm³/mol. The lowest BCUT2D eigenvalue weighted by Crippen LogP contribution is -2.48. The number of carbonyl (C=O) groups is 4. The van der Waals surface area contributed by atoms with Crippen molar-refractivity contribution in [2.24, 2.45) is 0 Å². The van der Waals surface area contributed by atoms with Gasteiger partial charge in [-0.05, 0) is 68.5 Å². The number of hydrogen-bond acceptors (Lipinski definition) is 8. The Bertz CT molecular complexity index is 1610. The van der Waals surface area contributed by atoms with E-state index >= 15 is 0 Å². The average Bonchev–Trinajstić information content (AvgIpc) is 3.02. The summed E-state index contributed by atoms with van der Waals surface area (Å²) in [5.74, 6) is -1.47. The zero-order valence-electron chi connectivity index (χ0n) is 26.9. The number of halogens is 3. The van der Waals surface area contributed by atoms with Crippen LogP contribution in [0.1, 0.15) is 39.2 Å². The fourth-order valence-corrected chi connectivity index (χ4v) is 4.48. The standard InChI is InChI=1S/C32H39ClF2N6O7/c1-32(2,3)48-31(46)39-23(17-42)16-37-27(43)11-10-24(41(4)29(44)38-15-20-6-5-7-25(35)28(20)33)18-47-30(45)40-26-13-21-12-22(34)9-8-19(21)14-36-26/h5-9,12-14,23-24,42H,10-11,15-18H2,1-4H3,(H,37,43)(H,38,44)(H,39,46)(H,36,40,45)/t23-,24+/m1/s1. The molecule has 0 unspecified atom stereocenters. The molecule has 2 atom stereocenters. The Morgan fingerprint density at radius 1 is 1.04 bits per heavy atom. The molecule has 48 heavy (non-hydrogen) atoms. The number of anilines is 1. The highest BCUT2D eigenvalue weighted by Crippen LogP contribution is 2.20. The molecule has 0 saturated heterocycles. The van der Waals surface area contributed by atoms with Crippen molar-refractivity contribution in [1.29, 1.82) is 0 Å². The summed E-state index contributed by atoms with van der Waals surface area (Å²) in [5.41, 5.74) is -0.416. The average molecular weight is 693 g/mol. The van der Waals surface area contributed by atoms with Crippen LogP contribution in [0.4, 0.5) is 29.0 Å². The van der Waals surface area contributed by atoms with E-state index in [0.717, 1.165) is 0 Å². The number of benzene rings is 2. The smallest absolute Gasteiger partial charge is 0.412 e. The minimum absolute atomic E-state index is 0.0283. The molecule has 260 valence electrons. The third-order valence-electron chi connectivity index (χ3n) is 6.84. The number of aliphatic hydroxyl groups is 1. The second-order valence-corrected chi connectivity index (χ2v) is 12.2. The van der Waals surface area contributed by atoms with Gasteiger partial charge in [-0.1, -0.05) is 23.7 Å². The number of nitrogens with one attached hydrogen (secondary N) is 4. The molecule has 0 aliphatic rings. The number of fused-ring (bicyclic) bond motifs is 1. The number of likely N-dealkylation sites (N-methyl/N-ethyl adjacent to an activating group) is 1. The minimum atomic E-state index is -0.910. The summed E-state index contributed by atoms with van der Waals surface area (Å²) in [4.78, 5) is 55.8. The second kappa shape index (κ2) is 17.4.